The molecule has 3 rings (SSSR count). The summed E-state index contributed by atoms with van der Waals surface area (Å²) in [6.07, 6.45) is 3.34. The highest BCUT2D eigenvalue weighted by molar-refractivity contribution is 5.42. The summed E-state index contributed by atoms with van der Waals surface area (Å²) in [7, 11) is 0. The normalized spacial score (nSPS) is 17.2. The fourth-order valence-corrected chi connectivity index (χ4v) is 2.84. The molecule has 1 aliphatic rings. The van der Waals surface area contributed by atoms with Gasteiger partial charge in [0.05, 0.1) is 12.2 Å². The van der Waals surface area contributed by atoms with E-state index in [-0.39, 0.29) is 6.10 Å². The Morgan fingerprint density at radius 2 is 1.96 bits per heavy atom. The van der Waals surface area contributed by atoms with Crippen molar-refractivity contribution in [1.29, 1.82) is 0 Å². The third kappa shape index (κ3) is 3.88. The van der Waals surface area contributed by atoms with Crippen LogP contribution in [0.25, 0.3) is 0 Å². The lowest BCUT2D eigenvalue weighted by atomic mass is 10.3. The second kappa shape index (κ2) is 7.67. The minimum Gasteiger partial charge on any atom is -0.371 e. The van der Waals surface area contributed by atoms with Crippen molar-refractivity contribution >= 4 is 5.82 Å². The van der Waals surface area contributed by atoms with E-state index in [1.165, 1.54) is 0 Å². The van der Waals surface area contributed by atoms with Crippen molar-refractivity contribution in [3.8, 4) is 0 Å². The van der Waals surface area contributed by atoms with Gasteiger partial charge in [-0.2, -0.15) is 4.98 Å². The van der Waals surface area contributed by atoms with Gasteiger partial charge in [-0.1, -0.05) is 5.16 Å². The molecule has 0 N–H and O–H groups in total. The molecule has 2 aromatic rings. The zero-order valence-electron chi connectivity index (χ0n) is 14.5. The van der Waals surface area contributed by atoms with Gasteiger partial charge in [-0.3, -0.25) is 9.88 Å². The molecule has 0 bridgehead atoms. The highest BCUT2D eigenvalue weighted by atomic mass is 16.5. The van der Waals surface area contributed by atoms with E-state index in [0.29, 0.717) is 24.9 Å². The lowest BCUT2D eigenvalue weighted by molar-refractivity contribution is 0.0683. The number of piperazine rings is 1. The molecular weight excluding hydrogens is 308 g/mol. The minimum absolute atomic E-state index is 0.135. The van der Waals surface area contributed by atoms with Crippen LogP contribution < -0.4 is 4.90 Å². The van der Waals surface area contributed by atoms with Gasteiger partial charge in [0.2, 0.25) is 5.89 Å². The van der Waals surface area contributed by atoms with E-state index < -0.39 is 0 Å². The zero-order chi connectivity index (χ0) is 16.9. The Labute approximate surface area is 141 Å². The van der Waals surface area contributed by atoms with Crippen LogP contribution >= 0.6 is 0 Å². The van der Waals surface area contributed by atoms with Crippen LogP contribution in [-0.4, -0.2) is 57.8 Å². The van der Waals surface area contributed by atoms with E-state index in [9.17, 15) is 0 Å². The summed E-state index contributed by atoms with van der Waals surface area (Å²) in [6.45, 7) is 10.9. The molecule has 2 aromatic heterocycles. The van der Waals surface area contributed by atoms with E-state index in [1.807, 2.05) is 20.8 Å². The first-order chi connectivity index (χ1) is 11.7. The Morgan fingerprint density at radius 1 is 1.21 bits per heavy atom. The molecule has 0 aliphatic carbocycles. The van der Waals surface area contributed by atoms with E-state index in [2.05, 4.69) is 29.9 Å². The van der Waals surface area contributed by atoms with Gasteiger partial charge in [0.1, 0.15) is 11.9 Å². The fraction of sp³-hybridized carbons (Fsp3) is 0.625. The number of aryl methyl sites for hydroxylation is 1. The number of anilines is 1. The number of rotatable bonds is 6. The second-order valence-electron chi connectivity index (χ2n) is 5.87. The summed E-state index contributed by atoms with van der Waals surface area (Å²) in [5.41, 5.74) is 0.970. The minimum atomic E-state index is -0.135. The van der Waals surface area contributed by atoms with Crippen LogP contribution in [0.15, 0.2) is 16.9 Å². The molecule has 1 unspecified atom stereocenters. The van der Waals surface area contributed by atoms with Gasteiger partial charge >= 0.3 is 0 Å². The molecule has 1 saturated heterocycles. The van der Waals surface area contributed by atoms with Crippen LogP contribution in [0.4, 0.5) is 5.82 Å². The number of hydrogen-bond acceptors (Lipinski definition) is 8. The fourth-order valence-electron chi connectivity index (χ4n) is 2.84. The maximum atomic E-state index is 5.49. The first kappa shape index (κ1) is 16.8. The molecule has 0 spiro atoms. The molecule has 1 atom stereocenters. The molecule has 130 valence electrons. The lowest BCUT2D eigenvalue weighted by Gasteiger charge is -2.34. The van der Waals surface area contributed by atoms with Gasteiger partial charge in [-0.15, -0.1) is 0 Å². The van der Waals surface area contributed by atoms with Gasteiger partial charge in [0.25, 0.3) is 0 Å². The molecule has 8 nitrogen and oxygen atoms in total. The summed E-state index contributed by atoms with van der Waals surface area (Å²) in [6, 6.07) is 0. The van der Waals surface area contributed by atoms with Gasteiger partial charge in [0, 0.05) is 45.2 Å². The lowest BCUT2D eigenvalue weighted by Crippen LogP contribution is -2.46. The van der Waals surface area contributed by atoms with Crippen LogP contribution in [0, 0.1) is 6.92 Å². The van der Waals surface area contributed by atoms with Crippen molar-refractivity contribution in [2.75, 3.05) is 37.7 Å². The molecule has 24 heavy (non-hydrogen) atoms. The summed E-state index contributed by atoms with van der Waals surface area (Å²) >= 11 is 0. The Bertz CT molecular complexity index is 654. The largest absolute Gasteiger partial charge is 0.371 e. The van der Waals surface area contributed by atoms with Crippen molar-refractivity contribution in [2.24, 2.45) is 0 Å². The number of ether oxygens (including phenoxy) is 1. The predicted molar refractivity (Wildman–Crippen MR) is 88.6 cm³/mol. The van der Waals surface area contributed by atoms with Crippen LogP contribution in [0.5, 0.6) is 0 Å². The third-order valence-electron chi connectivity index (χ3n) is 4.15. The van der Waals surface area contributed by atoms with Gasteiger partial charge in [0.15, 0.2) is 5.82 Å². The average molecular weight is 332 g/mol. The van der Waals surface area contributed by atoms with Gasteiger partial charge < -0.3 is 14.2 Å². The molecule has 0 saturated carbocycles. The van der Waals surface area contributed by atoms with E-state index in [0.717, 1.165) is 37.7 Å². The number of hydrogen-bond donors (Lipinski definition) is 0. The number of aromatic nitrogens is 4. The zero-order valence-corrected chi connectivity index (χ0v) is 14.5. The third-order valence-corrected chi connectivity index (χ3v) is 4.15. The van der Waals surface area contributed by atoms with Crippen LogP contribution in [0.2, 0.25) is 0 Å². The van der Waals surface area contributed by atoms with E-state index in [1.54, 1.807) is 12.4 Å². The molecule has 0 radical (unpaired) electrons. The quantitative estimate of drug-likeness (QED) is 0.789. The van der Waals surface area contributed by atoms with Gasteiger partial charge in [-0.25, -0.2) is 4.98 Å². The Kier molecular flexibility index (Phi) is 5.37. The Balaban J connectivity index is 1.53. The van der Waals surface area contributed by atoms with Crippen molar-refractivity contribution in [3.05, 3.63) is 29.8 Å². The molecule has 0 aromatic carbocycles. The highest BCUT2D eigenvalue weighted by Crippen LogP contribution is 2.18. The Hall–Kier alpha value is -2.06. The highest BCUT2D eigenvalue weighted by Gasteiger charge is 2.22. The van der Waals surface area contributed by atoms with Crippen LogP contribution in [0.3, 0.4) is 0 Å². The predicted octanol–water partition coefficient (Wildman–Crippen LogP) is 1.59. The Morgan fingerprint density at radius 3 is 2.67 bits per heavy atom. The van der Waals surface area contributed by atoms with Crippen molar-refractivity contribution in [2.45, 2.75) is 33.4 Å². The molecular formula is C16H24N6O2. The van der Waals surface area contributed by atoms with Crippen molar-refractivity contribution < 1.29 is 9.26 Å². The maximum absolute atomic E-state index is 5.49. The average Bonchev–Trinajstić information content (AvgIpc) is 3.05. The summed E-state index contributed by atoms with van der Waals surface area (Å²) in [5, 5.41) is 4.01. The van der Waals surface area contributed by atoms with E-state index in [4.69, 9.17) is 9.26 Å². The summed E-state index contributed by atoms with van der Waals surface area (Å²) in [5.74, 6) is 2.23. The smallest absolute Gasteiger partial charge is 0.240 e. The summed E-state index contributed by atoms with van der Waals surface area (Å²) in [4.78, 5) is 17.8. The van der Waals surface area contributed by atoms with Gasteiger partial charge in [-0.05, 0) is 20.8 Å². The molecule has 1 fully saturated rings. The first-order valence-electron chi connectivity index (χ1n) is 8.36. The van der Waals surface area contributed by atoms with Crippen molar-refractivity contribution in [3.63, 3.8) is 0 Å². The van der Waals surface area contributed by atoms with Crippen LogP contribution in [-0.2, 0) is 11.3 Å². The summed E-state index contributed by atoms with van der Waals surface area (Å²) < 4.78 is 10.8. The number of nitrogens with zero attached hydrogens (tertiary/aromatic N) is 6. The SMILES string of the molecule is CCOC(C)c1noc(CN2CCN(c3nccnc3C)CC2)n1. The molecule has 0 amide bonds. The molecule has 3 heterocycles. The molecule has 1 aliphatic heterocycles. The maximum Gasteiger partial charge on any atom is 0.240 e. The topological polar surface area (TPSA) is 80.4 Å². The molecule has 8 heteroatoms. The second-order valence-corrected chi connectivity index (χ2v) is 5.87. The standard InChI is InChI=1S/C16H24N6O2/c1-4-23-13(3)15-19-14(24-20-15)11-21-7-9-22(10-8-21)16-12(2)17-5-6-18-16/h5-6,13H,4,7-11H2,1-3H3. The first-order valence-corrected chi connectivity index (χ1v) is 8.36. The van der Waals surface area contributed by atoms with Crippen molar-refractivity contribution in [1.82, 2.24) is 25.0 Å². The monoisotopic (exact) mass is 332 g/mol. The van der Waals surface area contributed by atoms with Crippen LogP contribution in [0.1, 0.15) is 37.4 Å². The van der Waals surface area contributed by atoms with E-state index >= 15 is 0 Å².